The van der Waals surface area contributed by atoms with Gasteiger partial charge in [0.25, 0.3) is 0 Å². The van der Waals surface area contributed by atoms with Gasteiger partial charge in [-0.25, -0.2) is 4.98 Å². The number of imidazole rings is 1. The van der Waals surface area contributed by atoms with Crippen LogP contribution in [0.15, 0.2) is 6.33 Å². The summed E-state index contributed by atoms with van der Waals surface area (Å²) < 4.78 is 0. The minimum atomic E-state index is 0.877. The van der Waals surface area contributed by atoms with Crippen LogP contribution in [-0.2, 0) is 5.75 Å². The maximum absolute atomic E-state index is 4.24. The lowest BCUT2D eigenvalue weighted by Crippen LogP contribution is -2.27. The van der Waals surface area contributed by atoms with Crippen LogP contribution in [0.25, 0.3) is 0 Å². The maximum atomic E-state index is 4.24. The van der Waals surface area contributed by atoms with Crippen molar-refractivity contribution < 1.29 is 0 Å². The zero-order valence-corrected chi connectivity index (χ0v) is 9.58. The van der Waals surface area contributed by atoms with E-state index in [2.05, 4.69) is 27.5 Å². The van der Waals surface area contributed by atoms with Gasteiger partial charge >= 0.3 is 0 Å². The predicted molar refractivity (Wildman–Crippen MR) is 61.4 cm³/mol. The van der Waals surface area contributed by atoms with Crippen LogP contribution in [0.4, 0.5) is 0 Å². The molecule has 3 N–H and O–H groups in total. The molecule has 0 saturated carbocycles. The second-order valence-corrected chi connectivity index (χ2v) is 4.16. The first kappa shape index (κ1) is 11.6. The average molecular weight is 214 g/mol. The summed E-state index contributed by atoms with van der Waals surface area (Å²) in [6, 6.07) is 0. The zero-order chi connectivity index (χ0) is 10.2. The predicted octanol–water partition coefficient (Wildman–Crippen LogP) is 0.718. The lowest BCUT2D eigenvalue weighted by molar-refractivity contribution is 0.658. The van der Waals surface area contributed by atoms with Gasteiger partial charge in [0.2, 0.25) is 0 Å². The number of H-pyrrole nitrogens is 1. The third-order valence-electron chi connectivity index (χ3n) is 1.90. The molecule has 5 heteroatoms. The summed E-state index contributed by atoms with van der Waals surface area (Å²) >= 11 is 1.90. The van der Waals surface area contributed by atoms with E-state index in [1.807, 2.05) is 18.8 Å². The molecule has 0 aliphatic carbocycles. The Morgan fingerprint density at radius 1 is 1.57 bits per heavy atom. The molecule has 0 atom stereocenters. The highest BCUT2D eigenvalue weighted by atomic mass is 32.2. The van der Waals surface area contributed by atoms with Gasteiger partial charge in [-0.15, -0.1) is 0 Å². The second-order valence-electron chi connectivity index (χ2n) is 3.06. The number of aromatic nitrogens is 2. The van der Waals surface area contributed by atoms with E-state index in [-0.39, 0.29) is 0 Å². The highest BCUT2D eigenvalue weighted by Crippen LogP contribution is 2.11. The van der Waals surface area contributed by atoms with Gasteiger partial charge in [-0.3, -0.25) is 0 Å². The van der Waals surface area contributed by atoms with E-state index < -0.39 is 0 Å². The molecule has 1 aromatic heterocycles. The number of hydrogen-bond acceptors (Lipinski definition) is 4. The van der Waals surface area contributed by atoms with Gasteiger partial charge in [0.05, 0.1) is 12.0 Å². The number of thioether (sulfide) groups is 1. The van der Waals surface area contributed by atoms with Crippen LogP contribution in [0.2, 0.25) is 0 Å². The van der Waals surface area contributed by atoms with E-state index in [9.17, 15) is 0 Å². The number of nitrogens with one attached hydrogen (secondary N) is 3. The summed E-state index contributed by atoms with van der Waals surface area (Å²) in [6.45, 7) is 3.97. The lowest BCUT2D eigenvalue weighted by Gasteiger charge is -2.02. The Kier molecular flexibility index (Phi) is 5.66. The molecule has 0 amide bonds. The summed E-state index contributed by atoms with van der Waals surface area (Å²) in [5.41, 5.74) is 2.35. The molecule has 0 spiro atoms. The highest BCUT2D eigenvalue weighted by molar-refractivity contribution is 7.98. The van der Waals surface area contributed by atoms with E-state index in [0.29, 0.717) is 0 Å². The second kappa shape index (κ2) is 6.86. The first-order valence-corrected chi connectivity index (χ1v) is 5.92. The SMILES string of the molecule is CNCNCCSCc1nc[nH]c1C. The molecule has 0 aliphatic heterocycles. The summed E-state index contributed by atoms with van der Waals surface area (Å²) in [4.78, 5) is 7.32. The molecule has 0 aliphatic rings. The van der Waals surface area contributed by atoms with Gasteiger partial charge in [-0.05, 0) is 14.0 Å². The number of aromatic amines is 1. The number of aryl methyl sites for hydroxylation is 1. The fourth-order valence-corrected chi connectivity index (χ4v) is 1.98. The summed E-state index contributed by atoms with van der Waals surface area (Å²) in [5.74, 6) is 2.12. The van der Waals surface area contributed by atoms with Crippen molar-refractivity contribution in [3.05, 3.63) is 17.7 Å². The van der Waals surface area contributed by atoms with E-state index in [0.717, 1.165) is 24.7 Å². The van der Waals surface area contributed by atoms with Crippen molar-refractivity contribution in [1.29, 1.82) is 0 Å². The topological polar surface area (TPSA) is 52.7 Å². The number of rotatable bonds is 7. The zero-order valence-electron chi connectivity index (χ0n) is 8.76. The monoisotopic (exact) mass is 214 g/mol. The summed E-state index contributed by atoms with van der Waals surface area (Å²) in [6.07, 6.45) is 1.75. The molecular formula is C9H18N4S. The van der Waals surface area contributed by atoms with Crippen LogP contribution >= 0.6 is 11.8 Å². The van der Waals surface area contributed by atoms with Crippen molar-refractivity contribution in [2.45, 2.75) is 12.7 Å². The van der Waals surface area contributed by atoms with Gasteiger partial charge in [0.15, 0.2) is 0 Å². The van der Waals surface area contributed by atoms with Crippen LogP contribution in [0, 0.1) is 6.92 Å². The molecule has 80 valence electrons. The Bertz CT molecular complexity index is 249. The molecule has 0 unspecified atom stereocenters. The fourth-order valence-electron chi connectivity index (χ4n) is 1.06. The molecule has 1 rings (SSSR count). The van der Waals surface area contributed by atoms with Gasteiger partial charge in [0.1, 0.15) is 0 Å². The van der Waals surface area contributed by atoms with Crippen LogP contribution in [0.1, 0.15) is 11.4 Å². The molecule has 4 nitrogen and oxygen atoms in total. The van der Waals surface area contributed by atoms with E-state index in [4.69, 9.17) is 0 Å². The van der Waals surface area contributed by atoms with E-state index in [1.165, 1.54) is 11.4 Å². The molecule has 0 fully saturated rings. The van der Waals surface area contributed by atoms with Crippen molar-refractivity contribution in [1.82, 2.24) is 20.6 Å². The molecule has 1 aromatic rings. The van der Waals surface area contributed by atoms with Crippen LogP contribution in [-0.4, -0.2) is 36.0 Å². The Hall–Kier alpha value is -0.520. The first-order chi connectivity index (χ1) is 6.84. The Labute approximate surface area is 89.3 Å². The number of hydrogen-bond donors (Lipinski definition) is 3. The third-order valence-corrected chi connectivity index (χ3v) is 2.87. The number of nitrogens with zero attached hydrogens (tertiary/aromatic N) is 1. The third kappa shape index (κ3) is 4.13. The van der Waals surface area contributed by atoms with Crippen LogP contribution in [0.3, 0.4) is 0 Å². The summed E-state index contributed by atoms with van der Waals surface area (Å²) in [5, 5.41) is 6.31. The molecule has 0 radical (unpaired) electrons. The fraction of sp³-hybridized carbons (Fsp3) is 0.667. The smallest absolute Gasteiger partial charge is 0.0925 e. The summed E-state index contributed by atoms with van der Waals surface area (Å²) in [7, 11) is 1.94. The van der Waals surface area contributed by atoms with Gasteiger partial charge in [0, 0.05) is 30.4 Å². The Morgan fingerprint density at radius 2 is 2.43 bits per heavy atom. The normalized spacial score (nSPS) is 10.7. The van der Waals surface area contributed by atoms with Gasteiger partial charge in [-0.2, -0.15) is 11.8 Å². The van der Waals surface area contributed by atoms with Gasteiger partial charge < -0.3 is 15.6 Å². The van der Waals surface area contributed by atoms with Crippen molar-refractivity contribution in [2.24, 2.45) is 0 Å². The Balaban J connectivity index is 2.02. The quantitative estimate of drug-likeness (QED) is 0.462. The minimum absolute atomic E-state index is 0.877. The van der Waals surface area contributed by atoms with Gasteiger partial charge in [-0.1, -0.05) is 0 Å². The molecule has 1 heterocycles. The van der Waals surface area contributed by atoms with Crippen LogP contribution in [0.5, 0.6) is 0 Å². The molecule has 0 saturated heterocycles. The van der Waals surface area contributed by atoms with Crippen molar-refractivity contribution in [2.75, 3.05) is 26.0 Å². The molecule has 0 bridgehead atoms. The van der Waals surface area contributed by atoms with Crippen molar-refractivity contribution in [3.63, 3.8) is 0 Å². The first-order valence-electron chi connectivity index (χ1n) is 4.76. The largest absolute Gasteiger partial charge is 0.348 e. The minimum Gasteiger partial charge on any atom is -0.348 e. The van der Waals surface area contributed by atoms with Crippen LogP contribution < -0.4 is 10.6 Å². The molecule has 0 aromatic carbocycles. The standard InChI is InChI=1S/C9H18N4S/c1-8-9(13-7-12-8)5-14-4-3-11-6-10-2/h7,10-11H,3-6H2,1-2H3,(H,12,13). The van der Waals surface area contributed by atoms with Crippen molar-refractivity contribution >= 4 is 11.8 Å². The molecule has 14 heavy (non-hydrogen) atoms. The van der Waals surface area contributed by atoms with E-state index >= 15 is 0 Å². The lowest BCUT2D eigenvalue weighted by atomic mass is 10.4. The average Bonchev–Trinajstić information content (AvgIpc) is 2.58. The Morgan fingerprint density at radius 3 is 3.07 bits per heavy atom. The highest BCUT2D eigenvalue weighted by Gasteiger charge is 1.99. The van der Waals surface area contributed by atoms with Crippen molar-refractivity contribution in [3.8, 4) is 0 Å². The molecular weight excluding hydrogens is 196 g/mol. The maximum Gasteiger partial charge on any atom is 0.0925 e. The van der Waals surface area contributed by atoms with E-state index in [1.54, 1.807) is 6.33 Å².